The van der Waals surface area contributed by atoms with E-state index in [1.165, 1.54) is 12.8 Å². The number of hydrogen-bond acceptors (Lipinski definition) is 4. The predicted octanol–water partition coefficient (Wildman–Crippen LogP) is 3.35. The molecular weight excluding hydrogens is 308 g/mol. The third kappa shape index (κ3) is 3.88. The van der Waals surface area contributed by atoms with Gasteiger partial charge in [0, 0.05) is 11.8 Å². The molecule has 0 atom stereocenters. The van der Waals surface area contributed by atoms with Gasteiger partial charge < -0.3 is 14.6 Å². The summed E-state index contributed by atoms with van der Waals surface area (Å²) < 4.78 is 13.2. The molecule has 0 aliphatic heterocycles. The second-order valence-corrected chi connectivity index (χ2v) is 6.00. The summed E-state index contributed by atoms with van der Waals surface area (Å²) in [5.41, 5.74) is 1.72. The van der Waals surface area contributed by atoms with Gasteiger partial charge in [0.05, 0.1) is 31.9 Å². The van der Waals surface area contributed by atoms with Crippen molar-refractivity contribution in [1.82, 2.24) is 9.78 Å². The van der Waals surface area contributed by atoms with Crippen LogP contribution in [0.5, 0.6) is 11.5 Å². The fourth-order valence-electron chi connectivity index (χ4n) is 2.96. The van der Waals surface area contributed by atoms with Crippen molar-refractivity contribution in [3.63, 3.8) is 0 Å². The smallest absolute Gasteiger partial charge is 0.305 e. The Morgan fingerprint density at radius 3 is 2.79 bits per heavy atom. The number of aliphatic carboxylic acids is 1. The van der Waals surface area contributed by atoms with Gasteiger partial charge in [0.1, 0.15) is 0 Å². The Kier molecular flexibility index (Phi) is 5.03. The van der Waals surface area contributed by atoms with E-state index in [2.05, 4.69) is 5.10 Å². The molecule has 24 heavy (non-hydrogen) atoms. The van der Waals surface area contributed by atoms with Crippen molar-refractivity contribution in [1.29, 1.82) is 0 Å². The van der Waals surface area contributed by atoms with Crippen LogP contribution in [-0.4, -0.2) is 34.1 Å². The van der Waals surface area contributed by atoms with Crippen LogP contribution in [0.3, 0.4) is 0 Å². The van der Waals surface area contributed by atoms with Gasteiger partial charge in [0.2, 0.25) is 0 Å². The first-order valence-corrected chi connectivity index (χ1v) is 8.26. The molecule has 128 valence electrons. The van der Waals surface area contributed by atoms with E-state index in [0.717, 1.165) is 35.6 Å². The van der Waals surface area contributed by atoms with E-state index in [1.807, 2.05) is 24.3 Å². The van der Waals surface area contributed by atoms with Gasteiger partial charge in [0.15, 0.2) is 11.5 Å². The van der Waals surface area contributed by atoms with Crippen molar-refractivity contribution in [3.8, 4) is 22.8 Å². The molecule has 2 aromatic rings. The molecule has 6 nitrogen and oxygen atoms in total. The van der Waals surface area contributed by atoms with Crippen molar-refractivity contribution < 1.29 is 19.4 Å². The first-order chi connectivity index (χ1) is 11.7. The van der Waals surface area contributed by atoms with Crippen molar-refractivity contribution in [2.24, 2.45) is 0 Å². The summed E-state index contributed by atoms with van der Waals surface area (Å²) in [6, 6.07) is 7.64. The monoisotopic (exact) mass is 330 g/mol. The van der Waals surface area contributed by atoms with Crippen LogP contribution in [0.25, 0.3) is 11.3 Å². The van der Waals surface area contributed by atoms with Gasteiger partial charge in [-0.05, 0) is 49.9 Å². The van der Waals surface area contributed by atoms with E-state index in [-0.39, 0.29) is 12.5 Å². The predicted molar refractivity (Wildman–Crippen MR) is 89.4 cm³/mol. The van der Waals surface area contributed by atoms with Gasteiger partial charge in [-0.1, -0.05) is 0 Å². The third-order valence-corrected chi connectivity index (χ3v) is 4.25. The van der Waals surface area contributed by atoms with Gasteiger partial charge in [0.25, 0.3) is 0 Å². The number of carbonyl (C=O) groups is 1. The lowest BCUT2D eigenvalue weighted by atomic mass is 10.1. The minimum Gasteiger partial charge on any atom is -0.493 e. The number of nitrogens with zero attached hydrogens (tertiary/aromatic N) is 2. The van der Waals surface area contributed by atoms with Crippen LogP contribution in [0.15, 0.2) is 30.5 Å². The molecule has 1 aromatic heterocycles. The SMILES string of the molecule is COc1ccc(-c2ccn(CCC(=O)O)n2)cc1OC1CCCC1. The number of carboxylic acid groups (broad SMARTS) is 1. The zero-order valence-corrected chi connectivity index (χ0v) is 13.8. The van der Waals surface area contributed by atoms with E-state index < -0.39 is 5.97 Å². The van der Waals surface area contributed by atoms with E-state index in [9.17, 15) is 4.79 Å². The maximum Gasteiger partial charge on any atom is 0.305 e. The number of aryl methyl sites for hydroxylation is 1. The summed E-state index contributed by atoms with van der Waals surface area (Å²) in [7, 11) is 1.64. The highest BCUT2D eigenvalue weighted by molar-refractivity contribution is 5.66. The lowest BCUT2D eigenvalue weighted by molar-refractivity contribution is -0.137. The Hall–Kier alpha value is -2.50. The lowest BCUT2D eigenvalue weighted by Gasteiger charge is -2.16. The second-order valence-electron chi connectivity index (χ2n) is 6.00. The van der Waals surface area contributed by atoms with Gasteiger partial charge in [-0.3, -0.25) is 9.48 Å². The summed E-state index contributed by atoms with van der Waals surface area (Å²) >= 11 is 0. The highest BCUT2D eigenvalue weighted by Crippen LogP contribution is 2.35. The summed E-state index contributed by atoms with van der Waals surface area (Å²) in [5.74, 6) is 0.627. The first-order valence-electron chi connectivity index (χ1n) is 8.26. The molecule has 1 heterocycles. The van der Waals surface area contributed by atoms with Gasteiger partial charge in [-0.2, -0.15) is 5.10 Å². The molecule has 1 N–H and O–H groups in total. The largest absolute Gasteiger partial charge is 0.493 e. The maximum atomic E-state index is 10.7. The lowest BCUT2D eigenvalue weighted by Crippen LogP contribution is -2.11. The number of carboxylic acids is 1. The summed E-state index contributed by atoms with van der Waals surface area (Å²) in [5, 5.41) is 13.2. The van der Waals surface area contributed by atoms with Crippen LogP contribution < -0.4 is 9.47 Å². The molecule has 1 aromatic carbocycles. The Labute approximate surface area is 141 Å². The molecular formula is C18H22N2O4. The van der Waals surface area contributed by atoms with Crippen LogP contribution in [0.4, 0.5) is 0 Å². The Morgan fingerprint density at radius 1 is 1.29 bits per heavy atom. The number of rotatable bonds is 7. The molecule has 1 fully saturated rings. The first kappa shape index (κ1) is 16.4. The summed E-state index contributed by atoms with van der Waals surface area (Å²) in [4.78, 5) is 10.7. The molecule has 0 amide bonds. The topological polar surface area (TPSA) is 73.6 Å². The molecule has 0 saturated heterocycles. The minimum atomic E-state index is -0.830. The summed E-state index contributed by atoms with van der Waals surface area (Å²) in [6.45, 7) is 0.358. The van der Waals surface area contributed by atoms with Crippen LogP contribution in [0, 0.1) is 0 Å². The molecule has 1 saturated carbocycles. The maximum absolute atomic E-state index is 10.7. The second kappa shape index (κ2) is 7.38. The van der Waals surface area contributed by atoms with Gasteiger partial charge in [-0.15, -0.1) is 0 Å². The zero-order chi connectivity index (χ0) is 16.9. The molecule has 0 radical (unpaired) electrons. The van der Waals surface area contributed by atoms with Crippen molar-refractivity contribution in [2.75, 3.05) is 7.11 Å². The highest BCUT2D eigenvalue weighted by Gasteiger charge is 2.19. The molecule has 0 bridgehead atoms. The molecule has 6 heteroatoms. The average Bonchev–Trinajstić information content (AvgIpc) is 3.24. The number of methoxy groups -OCH3 is 1. The minimum absolute atomic E-state index is 0.0553. The van der Waals surface area contributed by atoms with E-state index in [1.54, 1.807) is 18.0 Å². The van der Waals surface area contributed by atoms with E-state index >= 15 is 0 Å². The van der Waals surface area contributed by atoms with Crippen LogP contribution in [0.2, 0.25) is 0 Å². The standard InChI is InChI=1S/C18H22N2O4/c1-23-16-7-6-13(12-17(16)24-14-4-2-3-5-14)15-8-10-20(19-15)11-9-18(21)22/h6-8,10,12,14H,2-5,9,11H2,1H3,(H,21,22). The van der Waals surface area contributed by atoms with Crippen molar-refractivity contribution >= 4 is 5.97 Å². The molecule has 3 rings (SSSR count). The molecule has 0 spiro atoms. The Morgan fingerprint density at radius 2 is 2.08 bits per heavy atom. The highest BCUT2D eigenvalue weighted by atomic mass is 16.5. The molecule has 0 unspecified atom stereocenters. The number of benzene rings is 1. The van der Waals surface area contributed by atoms with Crippen LogP contribution >= 0.6 is 0 Å². The normalized spacial score (nSPS) is 14.7. The Balaban J connectivity index is 1.78. The van der Waals surface area contributed by atoms with Gasteiger partial charge >= 0.3 is 5.97 Å². The molecule has 1 aliphatic rings. The fourth-order valence-corrected chi connectivity index (χ4v) is 2.96. The quantitative estimate of drug-likeness (QED) is 0.843. The fraction of sp³-hybridized carbons (Fsp3) is 0.444. The molecule has 1 aliphatic carbocycles. The number of hydrogen-bond donors (Lipinski definition) is 1. The average molecular weight is 330 g/mol. The van der Waals surface area contributed by atoms with Crippen molar-refractivity contribution in [3.05, 3.63) is 30.5 Å². The Bertz CT molecular complexity index is 705. The van der Waals surface area contributed by atoms with Gasteiger partial charge in [-0.25, -0.2) is 0 Å². The van der Waals surface area contributed by atoms with Crippen molar-refractivity contribution in [2.45, 2.75) is 44.8 Å². The van der Waals surface area contributed by atoms with E-state index in [4.69, 9.17) is 14.6 Å². The zero-order valence-electron chi connectivity index (χ0n) is 13.8. The van der Waals surface area contributed by atoms with E-state index in [0.29, 0.717) is 6.54 Å². The summed E-state index contributed by atoms with van der Waals surface area (Å²) in [6.07, 6.45) is 6.68. The third-order valence-electron chi connectivity index (χ3n) is 4.25. The van der Waals surface area contributed by atoms with Crippen LogP contribution in [0.1, 0.15) is 32.1 Å². The number of ether oxygens (including phenoxy) is 2. The van der Waals surface area contributed by atoms with Crippen LogP contribution in [-0.2, 0) is 11.3 Å². The number of aromatic nitrogens is 2.